The van der Waals surface area contributed by atoms with Gasteiger partial charge < -0.3 is 9.69 Å². The summed E-state index contributed by atoms with van der Waals surface area (Å²) in [6.07, 6.45) is 3.18. The molecule has 1 aromatic carbocycles. The molecule has 2 aliphatic heterocycles. The number of hydrogen-bond acceptors (Lipinski definition) is 2. The van der Waals surface area contributed by atoms with Crippen LogP contribution in [0.5, 0.6) is 0 Å². The Kier molecular flexibility index (Phi) is 2.37. The van der Waals surface area contributed by atoms with E-state index in [1.807, 2.05) is 18.2 Å². The minimum Gasteiger partial charge on any atom is -0.319 e. The number of hydrogen-bond donors (Lipinski definition) is 0. The summed E-state index contributed by atoms with van der Waals surface area (Å²) in [6, 6.07) is 9.19. The van der Waals surface area contributed by atoms with Crippen LogP contribution < -0.4 is 0 Å². The molecule has 2 heterocycles. The Hall–Kier alpha value is -1.90. The van der Waals surface area contributed by atoms with Crippen LogP contribution >= 0.6 is 0 Å². The molecule has 0 aromatic heterocycles. The lowest BCUT2D eigenvalue weighted by atomic mass is 9.86. The molecule has 0 saturated carbocycles. The molecular weight excluding hydrogens is 226 g/mol. The van der Waals surface area contributed by atoms with Crippen LogP contribution in [0, 0.1) is 0 Å². The molecule has 2 saturated heterocycles. The Morgan fingerprint density at radius 2 is 2.11 bits per heavy atom. The molecule has 3 heteroatoms. The third kappa shape index (κ3) is 1.37. The fraction of sp³-hybridized carbons (Fsp3) is 0.333. The average molecular weight is 241 g/mol. The Morgan fingerprint density at radius 1 is 1.39 bits per heavy atom. The van der Waals surface area contributed by atoms with Crippen molar-refractivity contribution in [2.45, 2.75) is 30.8 Å². The van der Waals surface area contributed by atoms with Crippen molar-refractivity contribution in [3.63, 3.8) is 0 Å². The van der Waals surface area contributed by atoms with Crippen LogP contribution in [0.15, 0.2) is 42.5 Å². The van der Waals surface area contributed by atoms with E-state index in [9.17, 15) is 9.59 Å². The Balaban J connectivity index is 2.00. The fourth-order valence-electron chi connectivity index (χ4n) is 3.24. The van der Waals surface area contributed by atoms with Crippen molar-refractivity contribution in [3.8, 4) is 0 Å². The predicted molar refractivity (Wildman–Crippen MR) is 68.2 cm³/mol. The van der Waals surface area contributed by atoms with Gasteiger partial charge in [-0.15, -0.1) is 0 Å². The summed E-state index contributed by atoms with van der Waals surface area (Å²) in [5.74, 6) is -0.0520. The van der Waals surface area contributed by atoms with Crippen LogP contribution in [0.2, 0.25) is 0 Å². The molecule has 0 aliphatic carbocycles. The highest BCUT2D eigenvalue weighted by Crippen LogP contribution is 2.48. The Morgan fingerprint density at radius 3 is 2.72 bits per heavy atom. The maximum atomic E-state index is 12.5. The molecule has 0 spiro atoms. The van der Waals surface area contributed by atoms with Gasteiger partial charge in [-0.1, -0.05) is 30.4 Å². The van der Waals surface area contributed by atoms with Crippen molar-refractivity contribution >= 4 is 12.2 Å². The summed E-state index contributed by atoms with van der Waals surface area (Å²) < 4.78 is 0. The number of carbonyl (C=O) groups is 2. The van der Waals surface area contributed by atoms with Gasteiger partial charge in [0.15, 0.2) is 0 Å². The number of benzene rings is 1. The van der Waals surface area contributed by atoms with Gasteiger partial charge in [0.05, 0.1) is 6.04 Å². The maximum Gasteiger partial charge on any atom is 0.255 e. The van der Waals surface area contributed by atoms with E-state index in [4.69, 9.17) is 0 Å². The number of rotatable bonds is 2. The predicted octanol–water partition coefficient (Wildman–Crippen LogP) is 2.19. The van der Waals surface area contributed by atoms with Crippen molar-refractivity contribution in [1.82, 2.24) is 4.90 Å². The first-order chi connectivity index (χ1) is 8.68. The van der Waals surface area contributed by atoms with E-state index >= 15 is 0 Å². The van der Waals surface area contributed by atoms with Gasteiger partial charge in [-0.2, -0.15) is 0 Å². The molecule has 2 aliphatic rings. The van der Waals surface area contributed by atoms with Crippen molar-refractivity contribution in [1.29, 1.82) is 0 Å². The number of carbonyl (C=O) groups excluding carboxylic acids is 2. The van der Waals surface area contributed by atoms with Crippen LogP contribution in [0.3, 0.4) is 0 Å². The van der Waals surface area contributed by atoms with Gasteiger partial charge in [0.1, 0.15) is 11.8 Å². The lowest BCUT2D eigenvalue weighted by Crippen LogP contribution is -2.46. The quantitative estimate of drug-likeness (QED) is 0.588. The van der Waals surface area contributed by atoms with Crippen molar-refractivity contribution in [2.75, 3.05) is 0 Å². The third-order valence-electron chi connectivity index (χ3n) is 4.11. The SMILES string of the molecule is C=C1CC2(C=O)CCC1N2C(=O)c1ccccc1. The van der Waals surface area contributed by atoms with Gasteiger partial charge in [-0.05, 0) is 25.0 Å². The summed E-state index contributed by atoms with van der Waals surface area (Å²) in [5.41, 5.74) is 1.03. The number of nitrogens with zero attached hydrogens (tertiary/aromatic N) is 1. The lowest BCUT2D eigenvalue weighted by molar-refractivity contribution is -0.115. The molecule has 2 atom stereocenters. The van der Waals surface area contributed by atoms with Gasteiger partial charge in [-0.3, -0.25) is 4.79 Å². The molecule has 0 radical (unpaired) electrons. The molecule has 2 unspecified atom stereocenters. The van der Waals surface area contributed by atoms with E-state index in [2.05, 4.69) is 6.58 Å². The van der Waals surface area contributed by atoms with Gasteiger partial charge in [-0.25, -0.2) is 0 Å². The summed E-state index contributed by atoms with van der Waals surface area (Å²) >= 11 is 0. The largest absolute Gasteiger partial charge is 0.319 e. The maximum absolute atomic E-state index is 12.5. The topological polar surface area (TPSA) is 37.4 Å². The zero-order valence-electron chi connectivity index (χ0n) is 10.1. The zero-order chi connectivity index (χ0) is 12.8. The summed E-state index contributed by atoms with van der Waals surface area (Å²) in [4.78, 5) is 25.7. The van der Waals surface area contributed by atoms with Gasteiger partial charge >= 0.3 is 0 Å². The van der Waals surface area contributed by atoms with E-state index < -0.39 is 5.54 Å². The third-order valence-corrected chi connectivity index (χ3v) is 4.11. The normalized spacial score (nSPS) is 29.7. The standard InChI is InChI=1S/C15H15NO2/c1-11-9-15(10-17)8-7-13(11)16(15)14(18)12-5-3-2-4-6-12/h2-6,10,13H,1,7-9H2. The second-order valence-corrected chi connectivity index (χ2v) is 5.15. The van der Waals surface area contributed by atoms with Gasteiger partial charge in [0.25, 0.3) is 5.91 Å². The van der Waals surface area contributed by atoms with Crippen LogP contribution in [-0.4, -0.2) is 28.7 Å². The highest BCUT2D eigenvalue weighted by molar-refractivity contribution is 5.98. The van der Waals surface area contributed by atoms with E-state index in [0.29, 0.717) is 12.0 Å². The summed E-state index contributed by atoms with van der Waals surface area (Å²) in [7, 11) is 0. The molecular formula is C15H15NO2. The molecule has 18 heavy (non-hydrogen) atoms. The molecule has 92 valence electrons. The van der Waals surface area contributed by atoms with Crippen LogP contribution in [-0.2, 0) is 4.79 Å². The first kappa shape index (κ1) is 11.2. The van der Waals surface area contributed by atoms with Crippen molar-refractivity contribution in [2.24, 2.45) is 0 Å². The van der Waals surface area contributed by atoms with Gasteiger partial charge in [0, 0.05) is 12.0 Å². The lowest BCUT2D eigenvalue weighted by Gasteiger charge is -2.29. The smallest absolute Gasteiger partial charge is 0.255 e. The first-order valence-corrected chi connectivity index (χ1v) is 6.21. The molecule has 1 amide bonds. The highest BCUT2D eigenvalue weighted by atomic mass is 16.2. The summed E-state index contributed by atoms with van der Waals surface area (Å²) in [6.45, 7) is 4.00. The average Bonchev–Trinajstić information content (AvgIpc) is 2.91. The molecule has 2 fully saturated rings. The monoisotopic (exact) mass is 241 g/mol. The van der Waals surface area contributed by atoms with Crippen LogP contribution in [0.1, 0.15) is 29.6 Å². The molecule has 2 bridgehead atoms. The molecule has 3 nitrogen and oxygen atoms in total. The van der Waals surface area contributed by atoms with E-state index in [0.717, 1.165) is 24.7 Å². The molecule has 0 N–H and O–H groups in total. The minimum atomic E-state index is -0.630. The summed E-state index contributed by atoms with van der Waals surface area (Å²) in [5, 5.41) is 0. The number of fused-ring (bicyclic) bond motifs is 2. The van der Waals surface area contributed by atoms with Gasteiger partial charge in [0.2, 0.25) is 0 Å². The first-order valence-electron chi connectivity index (χ1n) is 6.21. The minimum absolute atomic E-state index is 0.0444. The second-order valence-electron chi connectivity index (χ2n) is 5.15. The van der Waals surface area contributed by atoms with E-state index in [1.165, 1.54) is 0 Å². The Labute approximate surface area is 106 Å². The second kappa shape index (κ2) is 3.80. The fourth-order valence-corrected chi connectivity index (χ4v) is 3.24. The van der Waals surface area contributed by atoms with Crippen LogP contribution in [0.25, 0.3) is 0 Å². The van der Waals surface area contributed by atoms with Crippen molar-refractivity contribution < 1.29 is 9.59 Å². The molecule has 1 aromatic rings. The Bertz CT molecular complexity index is 523. The van der Waals surface area contributed by atoms with E-state index in [-0.39, 0.29) is 11.9 Å². The zero-order valence-corrected chi connectivity index (χ0v) is 10.1. The number of aldehydes is 1. The van der Waals surface area contributed by atoms with Crippen LogP contribution in [0.4, 0.5) is 0 Å². The highest BCUT2D eigenvalue weighted by Gasteiger charge is 2.55. The number of amides is 1. The van der Waals surface area contributed by atoms with Crippen molar-refractivity contribution in [3.05, 3.63) is 48.0 Å². The van der Waals surface area contributed by atoms with E-state index in [1.54, 1.807) is 17.0 Å². The molecule has 3 rings (SSSR count).